The van der Waals surface area contributed by atoms with Gasteiger partial charge in [0, 0.05) is 39.0 Å². The fourth-order valence-corrected chi connectivity index (χ4v) is 2.94. The fourth-order valence-electron chi connectivity index (χ4n) is 2.94. The van der Waals surface area contributed by atoms with Crippen LogP contribution in [-0.4, -0.2) is 67.0 Å². The van der Waals surface area contributed by atoms with E-state index >= 15 is 0 Å². The molecule has 2 heterocycles. The summed E-state index contributed by atoms with van der Waals surface area (Å²) < 4.78 is 43.4. The first-order valence-corrected chi connectivity index (χ1v) is 9.16. The molecule has 26 heavy (non-hydrogen) atoms. The molecule has 1 N–H and O–H groups in total. The second-order valence-electron chi connectivity index (χ2n) is 6.63. The number of aliphatic hydroxyl groups is 1. The molecular weight excluding hydrogens is 347 g/mol. The second-order valence-corrected chi connectivity index (χ2v) is 6.63. The molecule has 0 radical (unpaired) electrons. The van der Waals surface area contributed by atoms with Crippen molar-refractivity contribution in [2.24, 2.45) is 0 Å². The Hall–Kier alpha value is -1.38. The highest BCUT2D eigenvalue weighted by Gasteiger charge is 2.31. The minimum absolute atomic E-state index is 0.334. The molecule has 148 valence electrons. The third kappa shape index (κ3) is 6.74. The van der Waals surface area contributed by atoms with Crippen LogP contribution in [0.4, 0.5) is 19.0 Å². The minimum atomic E-state index is -4.36. The van der Waals surface area contributed by atoms with Crippen molar-refractivity contribution in [1.82, 2.24) is 9.88 Å². The van der Waals surface area contributed by atoms with Gasteiger partial charge in [-0.05, 0) is 31.5 Å². The first-order chi connectivity index (χ1) is 12.4. The number of nitrogens with zero attached hydrogens (tertiary/aromatic N) is 3. The Labute approximate surface area is 152 Å². The molecule has 1 aromatic rings. The lowest BCUT2D eigenvalue weighted by molar-refractivity contribution is -0.137. The van der Waals surface area contributed by atoms with E-state index in [1.54, 1.807) is 0 Å². The Morgan fingerprint density at radius 1 is 1.23 bits per heavy atom. The smallest absolute Gasteiger partial charge is 0.389 e. The number of aliphatic hydroxyl groups excluding tert-OH is 1. The standard InChI is InChI=1S/C18H28F3N3O2/c1-2-3-11-26-14-16(25)13-23-7-4-8-24(10-9-23)17-6-5-15(12-22-17)18(19,20)21/h5-6,12,16,25H,2-4,7-11,13-14H2,1H3. The summed E-state index contributed by atoms with van der Waals surface area (Å²) in [5.41, 5.74) is -0.733. The Kier molecular flexibility index (Phi) is 8.12. The average Bonchev–Trinajstić information content (AvgIpc) is 2.84. The maximum Gasteiger partial charge on any atom is 0.417 e. The van der Waals surface area contributed by atoms with Crippen LogP contribution in [0.5, 0.6) is 0 Å². The number of halogens is 3. The van der Waals surface area contributed by atoms with Crippen molar-refractivity contribution in [3.8, 4) is 0 Å². The molecular formula is C18H28F3N3O2. The van der Waals surface area contributed by atoms with Crippen molar-refractivity contribution in [3.63, 3.8) is 0 Å². The quantitative estimate of drug-likeness (QED) is 0.708. The van der Waals surface area contributed by atoms with Gasteiger partial charge in [0.1, 0.15) is 5.82 Å². The van der Waals surface area contributed by atoms with Gasteiger partial charge in [0.05, 0.1) is 18.3 Å². The molecule has 1 unspecified atom stereocenters. The van der Waals surface area contributed by atoms with Crippen LogP contribution in [0.25, 0.3) is 0 Å². The van der Waals surface area contributed by atoms with Gasteiger partial charge in [-0.2, -0.15) is 13.2 Å². The SMILES string of the molecule is CCCCOCC(O)CN1CCCN(c2ccc(C(F)(F)F)cn2)CC1. The third-order valence-electron chi connectivity index (χ3n) is 4.41. The molecule has 1 atom stereocenters. The zero-order valence-corrected chi connectivity index (χ0v) is 15.2. The van der Waals surface area contributed by atoms with Crippen LogP contribution in [0.3, 0.4) is 0 Å². The van der Waals surface area contributed by atoms with Crippen molar-refractivity contribution < 1.29 is 23.0 Å². The lowest BCUT2D eigenvalue weighted by Crippen LogP contribution is -2.37. The predicted molar refractivity (Wildman–Crippen MR) is 94.2 cm³/mol. The van der Waals surface area contributed by atoms with Gasteiger partial charge in [-0.25, -0.2) is 4.98 Å². The Bertz CT molecular complexity index is 525. The van der Waals surface area contributed by atoms with Gasteiger partial charge >= 0.3 is 6.18 Å². The number of ether oxygens (including phenoxy) is 1. The first kappa shape index (κ1) is 20.9. The summed E-state index contributed by atoms with van der Waals surface area (Å²) in [6.07, 6.45) is -1.08. The largest absolute Gasteiger partial charge is 0.417 e. The summed E-state index contributed by atoms with van der Waals surface area (Å²) in [7, 11) is 0. The van der Waals surface area contributed by atoms with Crippen LogP contribution in [0.1, 0.15) is 31.7 Å². The van der Waals surface area contributed by atoms with Crippen LogP contribution in [0.2, 0.25) is 0 Å². The molecule has 1 fully saturated rings. The van der Waals surface area contributed by atoms with Gasteiger partial charge in [0.2, 0.25) is 0 Å². The Morgan fingerprint density at radius 3 is 2.69 bits per heavy atom. The van der Waals surface area contributed by atoms with Gasteiger partial charge in [-0.3, -0.25) is 4.90 Å². The highest BCUT2D eigenvalue weighted by Crippen LogP contribution is 2.29. The van der Waals surface area contributed by atoms with Crippen LogP contribution >= 0.6 is 0 Å². The number of alkyl halides is 3. The van der Waals surface area contributed by atoms with Gasteiger partial charge in [0.15, 0.2) is 0 Å². The topological polar surface area (TPSA) is 48.8 Å². The summed E-state index contributed by atoms with van der Waals surface area (Å²) in [4.78, 5) is 8.13. The molecule has 1 aliphatic heterocycles. The molecule has 1 saturated heterocycles. The number of anilines is 1. The van der Waals surface area contributed by atoms with Crippen molar-refractivity contribution in [1.29, 1.82) is 0 Å². The van der Waals surface area contributed by atoms with Gasteiger partial charge in [-0.15, -0.1) is 0 Å². The van der Waals surface area contributed by atoms with Crippen molar-refractivity contribution in [2.75, 3.05) is 50.8 Å². The number of unbranched alkanes of at least 4 members (excludes halogenated alkanes) is 1. The number of pyridine rings is 1. The van der Waals surface area contributed by atoms with Crippen molar-refractivity contribution in [3.05, 3.63) is 23.9 Å². The summed E-state index contributed by atoms with van der Waals surface area (Å²) in [6, 6.07) is 2.50. The molecule has 0 spiro atoms. The Morgan fingerprint density at radius 2 is 2.04 bits per heavy atom. The van der Waals surface area contributed by atoms with E-state index in [0.717, 1.165) is 51.2 Å². The van der Waals surface area contributed by atoms with Gasteiger partial charge in [0.25, 0.3) is 0 Å². The van der Waals surface area contributed by atoms with Crippen LogP contribution in [0, 0.1) is 0 Å². The lowest BCUT2D eigenvalue weighted by atomic mass is 10.2. The van der Waals surface area contributed by atoms with E-state index in [4.69, 9.17) is 4.74 Å². The zero-order valence-electron chi connectivity index (χ0n) is 15.2. The Balaban J connectivity index is 1.80. The summed E-state index contributed by atoms with van der Waals surface area (Å²) in [5.74, 6) is 0.559. The van der Waals surface area contributed by atoms with E-state index in [2.05, 4.69) is 16.8 Å². The van der Waals surface area contributed by atoms with Gasteiger partial charge < -0.3 is 14.7 Å². The van der Waals surface area contributed by atoms with Crippen LogP contribution < -0.4 is 4.90 Å². The monoisotopic (exact) mass is 375 g/mol. The molecule has 1 aliphatic rings. The van der Waals surface area contributed by atoms with E-state index in [9.17, 15) is 18.3 Å². The maximum absolute atomic E-state index is 12.6. The second kappa shape index (κ2) is 10.1. The molecule has 0 aromatic carbocycles. The zero-order chi connectivity index (χ0) is 19.0. The summed E-state index contributed by atoms with van der Waals surface area (Å²) >= 11 is 0. The number of hydrogen-bond acceptors (Lipinski definition) is 5. The highest BCUT2D eigenvalue weighted by atomic mass is 19.4. The van der Waals surface area contributed by atoms with E-state index in [0.29, 0.717) is 32.1 Å². The lowest BCUT2D eigenvalue weighted by Gasteiger charge is -2.24. The number of rotatable bonds is 8. The van der Waals surface area contributed by atoms with Crippen molar-refractivity contribution >= 4 is 5.82 Å². The molecule has 5 nitrogen and oxygen atoms in total. The summed E-state index contributed by atoms with van der Waals surface area (Å²) in [5, 5.41) is 10.1. The number of β-amino-alcohol motifs (C(OH)–C–C–N with tert-alkyl or cyclic N) is 1. The van der Waals surface area contributed by atoms with E-state index in [1.807, 2.05) is 4.90 Å². The molecule has 0 amide bonds. The van der Waals surface area contributed by atoms with Gasteiger partial charge in [-0.1, -0.05) is 13.3 Å². The number of aromatic nitrogens is 1. The number of hydrogen-bond donors (Lipinski definition) is 1. The fraction of sp³-hybridized carbons (Fsp3) is 0.722. The highest BCUT2D eigenvalue weighted by molar-refractivity contribution is 5.40. The molecule has 0 aliphatic carbocycles. The molecule has 0 bridgehead atoms. The van der Waals surface area contributed by atoms with E-state index in [-0.39, 0.29) is 0 Å². The maximum atomic E-state index is 12.6. The summed E-state index contributed by atoms with van der Waals surface area (Å²) in [6.45, 7) is 6.61. The first-order valence-electron chi connectivity index (χ1n) is 9.16. The van der Waals surface area contributed by atoms with Crippen LogP contribution in [-0.2, 0) is 10.9 Å². The molecule has 0 saturated carbocycles. The molecule has 1 aromatic heterocycles. The van der Waals surface area contributed by atoms with Crippen molar-refractivity contribution in [2.45, 2.75) is 38.5 Å². The van der Waals surface area contributed by atoms with E-state index < -0.39 is 17.8 Å². The molecule has 2 rings (SSSR count). The predicted octanol–water partition coefficient (Wildman–Crippen LogP) is 2.79. The third-order valence-corrected chi connectivity index (χ3v) is 4.41. The average molecular weight is 375 g/mol. The normalized spacial score (nSPS) is 18.0. The molecule has 8 heteroatoms. The van der Waals surface area contributed by atoms with Crippen LogP contribution in [0.15, 0.2) is 18.3 Å². The van der Waals surface area contributed by atoms with E-state index in [1.165, 1.54) is 6.07 Å². The minimum Gasteiger partial charge on any atom is -0.389 e.